The van der Waals surface area contributed by atoms with Crippen molar-refractivity contribution in [3.63, 3.8) is 0 Å². The van der Waals surface area contributed by atoms with E-state index in [1.54, 1.807) is 18.0 Å². The van der Waals surface area contributed by atoms with Gasteiger partial charge in [0.25, 0.3) is 5.91 Å². The first-order valence-corrected chi connectivity index (χ1v) is 7.90. The predicted molar refractivity (Wildman–Crippen MR) is 91.3 cm³/mol. The molecule has 0 radical (unpaired) electrons. The van der Waals surface area contributed by atoms with Crippen molar-refractivity contribution in [2.45, 2.75) is 19.8 Å². The molecule has 0 bridgehead atoms. The molecule has 0 N–H and O–H groups in total. The number of amides is 1. The lowest BCUT2D eigenvalue weighted by molar-refractivity contribution is 0.0783. The Morgan fingerprint density at radius 2 is 1.91 bits per heavy atom. The number of benzene rings is 2. The maximum atomic E-state index is 12.3. The summed E-state index contributed by atoms with van der Waals surface area (Å²) in [7, 11) is 1.79. The van der Waals surface area contributed by atoms with Crippen LogP contribution >= 0.6 is 0 Å². The van der Waals surface area contributed by atoms with E-state index < -0.39 is 0 Å². The van der Waals surface area contributed by atoms with E-state index in [1.807, 2.05) is 30.3 Å². The maximum Gasteiger partial charge on any atom is 0.275 e. The van der Waals surface area contributed by atoms with Crippen LogP contribution in [-0.4, -0.2) is 29.6 Å². The van der Waals surface area contributed by atoms with E-state index in [4.69, 9.17) is 4.52 Å². The van der Waals surface area contributed by atoms with E-state index in [-0.39, 0.29) is 5.91 Å². The highest BCUT2D eigenvalue weighted by atomic mass is 16.5. The average Bonchev–Trinajstić information content (AvgIpc) is 3.08. The molecular weight excluding hydrogens is 288 g/mol. The second-order valence-corrected chi connectivity index (χ2v) is 5.72. The molecule has 118 valence electrons. The molecule has 1 amide bonds. The Morgan fingerprint density at radius 3 is 2.70 bits per heavy atom. The Bertz CT molecular complexity index is 823. The zero-order chi connectivity index (χ0) is 16.2. The van der Waals surface area contributed by atoms with Gasteiger partial charge in [0.1, 0.15) is 0 Å². The standard InChI is InChI=1S/C19H20N2O2/c1-3-4-11-21(2)19(22)17-13-18(23-20-17)16-10-9-14-7-5-6-8-15(14)12-16/h5-10,12-13H,3-4,11H2,1-2H3. The molecule has 23 heavy (non-hydrogen) atoms. The summed E-state index contributed by atoms with van der Waals surface area (Å²) in [5.74, 6) is 0.511. The number of carbonyl (C=O) groups is 1. The van der Waals surface area contributed by atoms with Crippen LogP contribution in [0.15, 0.2) is 53.1 Å². The molecule has 3 aromatic rings. The van der Waals surface area contributed by atoms with Gasteiger partial charge in [-0.2, -0.15) is 0 Å². The van der Waals surface area contributed by atoms with Gasteiger partial charge in [0.15, 0.2) is 11.5 Å². The van der Waals surface area contributed by atoms with E-state index in [0.717, 1.165) is 30.3 Å². The smallest absolute Gasteiger partial charge is 0.275 e. The summed E-state index contributed by atoms with van der Waals surface area (Å²) in [6.07, 6.45) is 2.04. The zero-order valence-corrected chi connectivity index (χ0v) is 13.5. The lowest BCUT2D eigenvalue weighted by Gasteiger charge is -2.14. The molecule has 1 heterocycles. The largest absolute Gasteiger partial charge is 0.355 e. The molecule has 0 spiro atoms. The third kappa shape index (κ3) is 3.26. The summed E-state index contributed by atoms with van der Waals surface area (Å²) in [5, 5.41) is 6.24. The summed E-state index contributed by atoms with van der Waals surface area (Å²) in [4.78, 5) is 14.0. The predicted octanol–water partition coefficient (Wildman–Crippen LogP) is 4.37. The Hall–Kier alpha value is -2.62. The first-order chi connectivity index (χ1) is 11.2. The van der Waals surface area contributed by atoms with Crippen LogP contribution in [-0.2, 0) is 0 Å². The Morgan fingerprint density at radius 1 is 1.13 bits per heavy atom. The number of fused-ring (bicyclic) bond motifs is 1. The summed E-state index contributed by atoms with van der Waals surface area (Å²) in [6.45, 7) is 2.83. The number of rotatable bonds is 5. The fourth-order valence-corrected chi connectivity index (χ4v) is 2.55. The van der Waals surface area contributed by atoms with Gasteiger partial charge in [-0.3, -0.25) is 4.79 Å². The number of unbranched alkanes of at least 4 members (excludes halogenated alkanes) is 1. The van der Waals surface area contributed by atoms with Crippen LogP contribution in [0.4, 0.5) is 0 Å². The fraction of sp³-hybridized carbons (Fsp3) is 0.263. The molecule has 3 rings (SSSR count). The lowest BCUT2D eigenvalue weighted by atomic mass is 10.1. The van der Waals surface area contributed by atoms with Gasteiger partial charge in [0, 0.05) is 25.2 Å². The first kappa shape index (κ1) is 15.3. The van der Waals surface area contributed by atoms with Gasteiger partial charge < -0.3 is 9.42 Å². The van der Waals surface area contributed by atoms with E-state index in [0.29, 0.717) is 11.5 Å². The number of hydrogen-bond acceptors (Lipinski definition) is 3. The second-order valence-electron chi connectivity index (χ2n) is 5.72. The molecule has 0 saturated heterocycles. The Labute approximate surface area is 135 Å². The minimum atomic E-state index is -0.103. The van der Waals surface area contributed by atoms with Crippen molar-refractivity contribution in [2.24, 2.45) is 0 Å². The SMILES string of the molecule is CCCCN(C)C(=O)c1cc(-c2ccc3ccccc3c2)on1. The molecule has 0 saturated carbocycles. The van der Waals surface area contributed by atoms with Crippen LogP contribution in [0.3, 0.4) is 0 Å². The van der Waals surface area contributed by atoms with Gasteiger partial charge in [0.05, 0.1) is 0 Å². The van der Waals surface area contributed by atoms with Gasteiger partial charge in [-0.15, -0.1) is 0 Å². The number of aromatic nitrogens is 1. The summed E-state index contributed by atoms with van der Waals surface area (Å²) in [5.41, 5.74) is 1.28. The molecule has 0 aliphatic carbocycles. The van der Waals surface area contributed by atoms with Crippen LogP contribution in [0.2, 0.25) is 0 Å². The van der Waals surface area contributed by atoms with Crippen molar-refractivity contribution < 1.29 is 9.32 Å². The highest BCUT2D eigenvalue weighted by Crippen LogP contribution is 2.25. The van der Waals surface area contributed by atoms with E-state index >= 15 is 0 Å². The summed E-state index contributed by atoms with van der Waals surface area (Å²) < 4.78 is 5.38. The van der Waals surface area contributed by atoms with Crippen molar-refractivity contribution in [3.8, 4) is 11.3 Å². The molecule has 0 aliphatic rings. The fourth-order valence-electron chi connectivity index (χ4n) is 2.55. The van der Waals surface area contributed by atoms with Gasteiger partial charge in [0.2, 0.25) is 0 Å². The van der Waals surface area contributed by atoms with E-state index in [2.05, 4.69) is 24.2 Å². The molecule has 0 fully saturated rings. The summed E-state index contributed by atoms with van der Waals surface area (Å²) in [6, 6.07) is 15.9. The molecule has 1 aromatic heterocycles. The number of carbonyl (C=O) groups excluding carboxylic acids is 1. The minimum absolute atomic E-state index is 0.103. The van der Waals surface area contributed by atoms with Crippen molar-refractivity contribution in [1.82, 2.24) is 10.1 Å². The van der Waals surface area contributed by atoms with Crippen molar-refractivity contribution in [2.75, 3.05) is 13.6 Å². The van der Waals surface area contributed by atoms with Gasteiger partial charge >= 0.3 is 0 Å². The van der Waals surface area contributed by atoms with E-state index in [1.165, 1.54) is 5.39 Å². The van der Waals surface area contributed by atoms with Crippen molar-refractivity contribution in [1.29, 1.82) is 0 Å². The molecule has 0 unspecified atom stereocenters. The third-order valence-corrected chi connectivity index (χ3v) is 3.96. The molecule has 0 aliphatic heterocycles. The monoisotopic (exact) mass is 308 g/mol. The van der Waals surface area contributed by atoms with Gasteiger partial charge in [-0.05, 0) is 23.3 Å². The van der Waals surface area contributed by atoms with Gasteiger partial charge in [-0.25, -0.2) is 0 Å². The van der Waals surface area contributed by atoms with Crippen molar-refractivity contribution >= 4 is 16.7 Å². The van der Waals surface area contributed by atoms with Crippen LogP contribution in [0.25, 0.3) is 22.1 Å². The van der Waals surface area contributed by atoms with Crippen molar-refractivity contribution in [3.05, 3.63) is 54.2 Å². The molecule has 0 atom stereocenters. The summed E-state index contributed by atoms with van der Waals surface area (Å²) >= 11 is 0. The Kier molecular flexibility index (Phi) is 4.42. The highest BCUT2D eigenvalue weighted by Gasteiger charge is 2.17. The van der Waals surface area contributed by atoms with E-state index in [9.17, 15) is 4.79 Å². The lowest BCUT2D eigenvalue weighted by Crippen LogP contribution is -2.27. The zero-order valence-electron chi connectivity index (χ0n) is 13.5. The normalized spacial score (nSPS) is 10.9. The van der Waals surface area contributed by atoms with Crippen LogP contribution in [0.5, 0.6) is 0 Å². The van der Waals surface area contributed by atoms with Crippen LogP contribution in [0, 0.1) is 0 Å². The van der Waals surface area contributed by atoms with Crippen LogP contribution < -0.4 is 0 Å². The third-order valence-electron chi connectivity index (χ3n) is 3.96. The van der Waals surface area contributed by atoms with Gasteiger partial charge in [-0.1, -0.05) is 54.9 Å². The molecule has 4 nitrogen and oxygen atoms in total. The highest BCUT2D eigenvalue weighted by molar-refractivity contribution is 5.93. The Balaban J connectivity index is 1.84. The topological polar surface area (TPSA) is 46.3 Å². The number of nitrogens with zero attached hydrogens (tertiary/aromatic N) is 2. The van der Waals surface area contributed by atoms with Crippen LogP contribution in [0.1, 0.15) is 30.3 Å². The molecule has 4 heteroatoms. The minimum Gasteiger partial charge on any atom is -0.355 e. The quantitative estimate of drug-likeness (QED) is 0.703. The number of hydrogen-bond donors (Lipinski definition) is 0. The molecular formula is C19H20N2O2. The second kappa shape index (κ2) is 6.65. The average molecular weight is 308 g/mol. The first-order valence-electron chi connectivity index (χ1n) is 7.90. The maximum absolute atomic E-state index is 12.3. The molecule has 2 aromatic carbocycles.